The van der Waals surface area contributed by atoms with E-state index in [9.17, 15) is 4.39 Å². The van der Waals surface area contributed by atoms with Crippen LogP contribution >= 0.6 is 0 Å². The molecule has 3 nitrogen and oxygen atoms in total. The minimum atomic E-state index is -0.175. The van der Waals surface area contributed by atoms with Crippen LogP contribution in [0.3, 0.4) is 0 Å². The summed E-state index contributed by atoms with van der Waals surface area (Å²) >= 11 is 0. The van der Waals surface area contributed by atoms with Crippen molar-refractivity contribution in [1.29, 1.82) is 5.41 Å². The number of benzene rings is 1. The maximum atomic E-state index is 13.3. The predicted octanol–water partition coefficient (Wildman–Crippen LogP) is 4.03. The van der Waals surface area contributed by atoms with Gasteiger partial charge in [0.05, 0.1) is 5.69 Å². The van der Waals surface area contributed by atoms with Gasteiger partial charge in [0.15, 0.2) is 0 Å². The largest absolute Gasteiger partial charge is 0.373 e. The highest BCUT2D eigenvalue weighted by molar-refractivity contribution is 5.98. The van der Waals surface area contributed by atoms with Crippen molar-refractivity contribution in [2.24, 2.45) is 0 Å². The maximum Gasteiger partial charge on any atom is 0.126 e. The summed E-state index contributed by atoms with van der Waals surface area (Å²) in [7, 11) is 1.74. The second kappa shape index (κ2) is 7.18. The van der Waals surface area contributed by atoms with Crippen LogP contribution in [0.5, 0.6) is 0 Å². The second-order valence-corrected chi connectivity index (χ2v) is 5.74. The van der Waals surface area contributed by atoms with Crippen LogP contribution < -0.4 is 5.32 Å². The first-order chi connectivity index (χ1) is 10.9. The smallest absolute Gasteiger partial charge is 0.126 e. The number of hydrogen-bond acceptors (Lipinski definition) is 2. The normalized spacial score (nSPS) is 11.4. The van der Waals surface area contributed by atoms with Crippen LogP contribution in [0.25, 0.3) is 6.08 Å². The van der Waals surface area contributed by atoms with Gasteiger partial charge in [-0.3, -0.25) is 10.4 Å². The van der Waals surface area contributed by atoms with Gasteiger partial charge in [0.1, 0.15) is 11.7 Å². The fraction of sp³-hybridized carbons (Fsp3) is 0.263. The first-order valence-electron chi connectivity index (χ1n) is 7.57. The first kappa shape index (κ1) is 16.9. The molecule has 1 aromatic carbocycles. The Bertz CT molecular complexity index is 763. The summed E-state index contributed by atoms with van der Waals surface area (Å²) in [5.74, 6) is 0.206. The van der Waals surface area contributed by atoms with Crippen molar-refractivity contribution in [1.82, 2.24) is 10.3 Å². The molecule has 0 aliphatic carbocycles. The van der Waals surface area contributed by atoms with E-state index in [-0.39, 0.29) is 5.82 Å². The molecule has 120 valence electrons. The number of rotatable bonds is 4. The Labute approximate surface area is 136 Å². The van der Waals surface area contributed by atoms with Crippen LogP contribution in [0, 0.1) is 25.1 Å². The molecule has 0 atom stereocenters. The van der Waals surface area contributed by atoms with Crippen molar-refractivity contribution in [2.45, 2.75) is 27.2 Å². The molecule has 0 amide bonds. The highest BCUT2D eigenvalue weighted by Gasteiger charge is 2.08. The minimum absolute atomic E-state index is 0.175. The van der Waals surface area contributed by atoms with E-state index < -0.39 is 0 Å². The van der Waals surface area contributed by atoms with Crippen LogP contribution in [0.4, 0.5) is 4.39 Å². The molecule has 4 heteroatoms. The molecule has 0 aliphatic rings. The summed E-state index contributed by atoms with van der Waals surface area (Å²) in [5.41, 5.74) is 5.56. The molecule has 0 bridgehead atoms. The maximum absolute atomic E-state index is 13.3. The second-order valence-electron chi connectivity index (χ2n) is 5.74. The summed E-state index contributed by atoms with van der Waals surface area (Å²) < 4.78 is 13.3. The monoisotopic (exact) mass is 311 g/mol. The fourth-order valence-electron chi connectivity index (χ4n) is 2.53. The van der Waals surface area contributed by atoms with Crippen molar-refractivity contribution >= 4 is 11.9 Å². The Morgan fingerprint density at radius 3 is 2.70 bits per heavy atom. The Kier molecular flexibility index (Phi) is 5.27. The summed E-state index contributed by atoms with van der Waals surface area (Å²) in [5, 5.41) is 10.8. The predicted molar refractivity (Wildman–Crippen MR) is 93.4 cm³/mol. The number of aromatic nitrogens is 1. The molecule has 2 aromatic rings. The van der Waals surface area contributed by atoms with Gasteiger partial charge in [0.25, 0.3) is 0 Å². The third kappa shape index (κ3) is 4.03. The van der Waals surface area contributed by atoms with E-state index in [1.807, 2.05) is 38.1 Å². The number of aryl methyl sites for hydroxylation is 1. The first-order valence-corrected chi connectivity index (χ1v) is 7.57. The van der Waals surface area contributed by atoms with Crippen LogP contribution in [-0.4, -0.2) is 17.9 Å². The zero-order valence-corrected chi connectivity index (χ0v) is 14.0. The van der Waals surface area contributed by atoms with Gasteiger partial charge in [-0.25, -0.2) is 4.39 Å². The van der Waals surface area contributed by atoms with Crippen molar-refractivity contribution in [3.8, 4) is 0 Å². The van der Waals surface area contributed by atoms with Crippen LogP contribution in [0.1, 0.15) is 34.9 Å². The standard InChI is InChI=1S/C19H22FN3/c1-12(9-15-5-6-17(20)13(2)11-15)10-18-14(3)16(7-8-23-18)19(21)22-4/h5-8,10-11H,9H2,1-4H3,(H2,21,22)/b12-10+. The lowest BCUT2D eigenvalue weighted by Gasteiger charge is -2.10. The third-order valence-corrected chi connectivity index (χ3v) is 3.85. The minimum Gasteiger partial charge on any atom is -0.373 e. The highest BCUT2D eigenvalue weighted by atomic mass is 19.1. The molecular weight excluding hydrogens is 289 g/mol. The molecule has 0 saturated heterocycles. The van der Waals surface area contributed by atoms with Gasteiger partial charge in [-0.05, 0) is 62.1 Å². The van der Waals surface area contributed by atoms with Gasteiger partial charge in [0, 0.05) is 18.8 Å². The van der Waals surface area contributed by atoms with Gasteiger partial charge in [-0.2, -0.15) is 0 Å². The van der Waals surface area contributed by atoms with E-state index in [0.29, 0.717) is 11.4 Å². The fourth-order valence-corrected chi connectivity index (χ4v) is 2.53. The Morgan fingerprint density at radius 1 is 1.30 bits per heavy atom. The average molecular weight is 311 g/mol. The van der Waals surface area contributed by atoms with Gasteiger partial charge in [0.2, 0.25) is 0 Å². The van der Waals surface area contributed by atoms with E-state index in [2.05, 4.69) is 10.3 Å². The zero-order valence-electron chi connectivity index (χ0n) is 14.0. The summed E-state index contributed by atoms with van der Waals surface area (Å²) in [6, 6.07) is 7.04. The molecule has 0 spiro atoms. The van der Waals surface area contributed by atoms with Gasteiger partial charge in [-0.15, -0.1) is 0 Å². The molecule has 0 aliphatic heterocycles. The van der Waals surface area contributed by atoms with Crippen molar-refractivity contribution in [3.05, 3.63) is 69.8 Å². The molecule has 1 heterocycles. The molecule has 0 unspecified atom stereocenters. The van der Waals surface area contributed by atoms with E-state index in [1.54, 1.807) is 20.2 Å². The number of halogens is 1. The third-order valence-electron chi connectivity index (χ3n) is 3.85. The van der Waals surface area contributed by atoms with Gasteiger partial charge in [-0.1, -0.05) is 17.7 Å². The lowest BCUT2D eigenvalue weighted by molar-refractivity contribution is 0.617. The van der Waals surface area contributed by atoms with Gasteiger partial charge < -0.3 is 5.32 Å². The molecule has 0 radical (unpaired) electrons. The van der Waals surface area contributed by atoms with Crippen LogP contribution in [0.2, 0.25) is 0 Å². The van der Waals surface area contributed by atoms with Crippen molar-refractivity contribution in [3.63, 3.8) is 0 Å². The lowest BCUT2D eigenvalue weighted by atomic mass is 10.0. The number of nitrogens with one attached hydrogen (secondary N) is 2. The van der Waals surface area contributed by atoms with E-state index in [0.717, 1.165) is 34.4 Å². The highest BCUT2D eigenvalue weighted by Crippen LogP contribution is 2.18. The molecule has 23 heavy (non-hydrogen) atoms. The topological polar surface area (TPSA) is 48.8 Å². The number of amidine groups is 1. The van der Waals surface area contributed by atoms with E-state index >= 15 is 0 Å². The van der Waals surface area contributed by atoms with E-state index in [1.165, 1.54) is 6.07 Å². The number of nitrogens with zero attached hydrogens (tertiary/aromatic N) is 1. The molecule has 0 saturated carbocycles. The number of allylic oxidation sites excluding steroid dienone is 1. The zero-order chi connectivity index (χ0) is 17.0. The lowest BCUT2D eigenvalue weighted by Crippen LogP contribution is -2.19. The SMILES string of the molecule is CNC(=N)c1ccnc(/C=C(\C)Cc2ccc(F)c(C)c2)c1C. The number of hydrogen-bond donors (Lipinski definition) is 2. The summed E-state index contributed by atoms with van der Waals surface area (Å²) in [6.45, 7) is 5.78. The molecular formula is C19H22FN3. The average Bonchev–Trinajstić information content (AvgIpc) is 2.52. The Morgan fingerprint density at radius 2 is 2.04 bits per heavy atom. The van der Waals surface area contributed by atoms with Crippen molar-refractivity contribution < 1.29 is 4.39 Å². The van der Waals surface area contributed by atoms with Crippen LogP contribution in [-0.2, 0) is 6.42 Å². The molecule has 1 aromatic heterocycles. The Balaban J connectivity index is 2.27. The summed E-state index contributed by atoms with van der Waals surface area (Å²) in [6.07, 6.45) is 4.49. The quantitative estimate of drug-likeness (QED) is 0.661. The van der Waals surface area contributed by atoms with E-state index in [4.69, 9.17) is 5.41 Å². The molecule has 2 rings (SSSR count). The van der Waals surface area contributed by atoms with Crippen molar-refractivity contribution in [2.75, 3.05) is 7.05 Å². The number of pyridine rings is 1. The van der Waals surface area contributed by atoms with Crippen LogP contribution in [0.15, 0.2) is 36.0 Å². The molecule has 2 N–H and O–H groups in total. The molecule has 0 fully saturated rings. The van der Waals surface area contributed by atoms with Gasteiger partial charge >= 0.3 is 0 Å². The Hall–Kier alpha value is -2.49. The summed E-state index contributed by atoms with van der Waals surface area (Å²) in [4.78, 5) is 4.41.